The zero-order valence-electron chi connectivity index (χ0n) is 18.3. The van der Waals surface area contributed by atoms with E-state index in [4.69, 9.17) is 0 Å². The monoisotopic (exact) mass is 463 g/mol. The number of thioether (sulfide) groups is 1. The van der Waals surface area contributed by atoms with E-state index in [-0.39, 0.29) is 5.91 Å². The molecule has 2 aromatic heterocycles. The summed E-state index contributed by atoms with van der Waals surface area (Å²) in [5, 5.41) is 15.0. The SMILES string of the molecule is Cc1nc(-c2ccc(CCNC(=O)CSc3nncn3-c3ccc(C)c(C)c3)cc2)cs1. The predicted molar refractivity (Wildman–Crippen MR) is 131 cm³/mol. The third kappa shape index (κ3) is 5.44. The molecule has 0 atom stereocenters. The lowest BCUT2D eigenvalue weighted by atomic mass is 10.1. The Morgan fingerprint density at radius 2 is 1.91 bits per heavy atom. The van der Waals surface area contributed by atoms with Crippen LogP contribution in [0.4, 0.5) is 0 Å². The molecule has 164 valence electrons. The number of carbonyl (C=O) groups excluding carboxylic acids is 1. The van der Waals surface area contributed by atoms with E-state index in [1.54, 1.807) is 17.7 Å². The molecule has 0 fully saturated rings. The van der Waals surface area contributed by atoms with Crippen molar-refractivity contribution in [3.63, 3.8) is 0 Å². The molecule has 0 saturated heterocycles. The van der Waals surface area contributed by atoms with Crippen LogP contribution < -0.4 is 5.32 Å². The Kier molecular flexibility index (Phi) is 7.02. The Morgan fingerprint density at radius 3 is 2.62 bits per heavy atom. The summed E-state index contributed by atoms with van der Waals surface area (Å²) in [5.41, 5.74) is 6.76. The minimum atomic E-state index is -0.0146. The van der Waals surface area contributed by atoms with E-state index in [0.717, 1.165) is 28.4 Å². The lowest BCUT2D eigenvalue weighted by molar-refractivity contribution is -0.118. The molecule has 8 heteroatoms. The molecule has 6 nitrogen and oxygen atoms in total. The Balaban J connectivity index is 1.26. The van der Waals surface area contributed by atoms with Crippen molar-refractivity contribution in [1.82, 2.24) is 25.1 Å². The Labute approximate surface area is 196 Å². The Bertz CT molecular complexity index is 1210. The normalized spacial score (nSPS) is 11.0. The van der Waals surface area contributed by atoms with Gasteiger partial charge in [-0.15, -0.1) is 21.5 Å². The second-order valence-corrected chi connectivity index (χ2v) is 9.59. The van der Waals surface area contributed by atoms with Crippen LogP contribution in [0, 0.1) is 20.8 Å². The van der Waals surface area contributed by atoms with E-state index < -0.39 is 0 Å². The van der Waals surface area contributed by atoms with Gasteiger partial charge in [-0.1, -0.05) is 42.1 Å². The van der Waals surface area contributed by atoms with Crippen LogP contribution in [0.1, 0.15) is 21.7 Å². The van der Waals surface area contributed by atoms with Gasteiger partial charge in [-0.2, -0.15) is 0 Å². The van der Waals surface area contributed by atoms with E-state index in [9.17, 15) is 4.79 Å². The average Bonchev–Trinajstić information content (AvgIpc) is 3.44. The Morgan fingerprint density at radius 1 is 1.09 bits per heavy atom. The summed E-state index contributed by atoms with van der Waals surface area (Å²) in [6.45, 7) is 6.77. The second-order valence-electron chi connectivity index (χ2n) is 7.59. The third-order valence-electron chi connectivity index (χ3n) is 5.22. The van der Waals surface area contributed by atoms with Crippen molar-refractivity contribution in [2.75, 3.05) is 12.3 Å². The first-order valence-electron chi connectivity index (χ1n) is 10.4. The van der Waals surface area contributed by atoms with Crippen molar-refractivity contribution in [1.29, 1.82) is 0 Å². The number of amides is 1. The highest BCUT2D eigenvalue weighted by Crippen LogP contribution is 2.22. The number of aryl methyl sites for hydroxylation is 3. The summed E-state index contributed by atoms with van der Waals surface area (Å²) in [5.74, 6) is 0.283. The number of hydrogen-bond donors (Lipinski definition) is 1. The number of carbonyl (C=O) groups is 1. The van der Waals surface area contributed by atoms with Crippen molar-refractivity contribution < 1.29 is 4.79 Å². The molecule has 32 heavy (non-hydrogen) atoms. The molecule has 1 amide bonds. The fraction of sp³-hybridized carbons (Fsp3) is 0.250. The molecule has 0 aliphatic heterocycles. The smallest absolute Gasteiger partial charge is 0.230 e. The lowest BCUT2D eigenvalue weighted by Crippen LogP contribution is -2.27. The molecule has 0 unspecified atom stereocenters. The van der Waals surface area contributed by atoms with Crippen molar-refractivity contribution in [2.45, 2.75) is 32.3 Å². The summed E-state index contributed by atoms with van der Waals surface area (Å²) in [6.07, 6.45) is 2.46. The quantitative estimate of drug-likeness (QED) is 0.381. The lowest BCUT2D eigenvalue weighted by Gasteiger charge is -2.09. The summed E-state index contributed by atoms with van der Waals surface area (Å²) >= 11 is 3.04. The zero-order chi connectivity index (χ0) is 22.5. The minimum Gasteiger partial charge on any atom is -0.355 e. The predicted octanol–water partition coefficient (Wildman–Crippen LogP) is 4.77. The fourth-order valence-electron chi connectivity index (χ4n) is 3.24. The fourth-order valence-corrected chi connectivity index (χ4v) is 4.62. The number of nitrogens with one attached hydrogen (secondary N) is 1. The number of hydrogen-bond acceptors (Lipinski definition) is 6. The molecule has 2 aromatic carbocycles. The maximum atomic E-state index is 12.3. The number of aromatic nitrogens is 4. The zero-order valence-corrected chi connectivity index (χ0v) is 20.0. The van der Waals surface area contributed by atoms with E-state index in [1.807, 2.05) is 17.6 Å². The van der Waals surface area contributed by atoms with Crippen LogP contribution in [0.5, 0.6) is 0 Å². The summed E-state index contributed by atoms with van der Waals surface area (Å²) < 4.78 is 1.91. The minimum absolute atomic E-state index is 0.0146. The summed E-state index contributed by atoms with van der Waals surface area (Å²) in [4.78, 5) is 16.8. The van der Waals surface area contributed by atoms with Gasteiger partial charge in [0.15, 0.2) is 5.16 Å². The van der Waals surface area contributed by atoms with Crippen LogP contribution >= 0.6 is 23.1 Å². The van der Waals surface area contributed by atoms with Gasteiger partial charge in [0.1, 0.15) is 6.33 Å². The molecule has 0 aliphatic carbocycles. The average molecular weight is 464 g/mol. The summed E-state index contributed by atoms with van der Waals surface area (Å²) in [7, 11) is 0. The van der Waals surface area contributed by atoms with E-state index in [2.05, 4.69) is 76.1 Å². The van der Waals surface area contributed by atoms with Gasteiger partial charge in [0.2, 0.25) is 5.91 Å². The molecule has 4 aromatic rings. The highest BCUT2D eigenvalue weighted by atomic mass is 32.2. The maximum Gasteiger partial charge on any atom is 0.230 e. The van der Waals surface area contributed by atoms with Gasteiger partial charge in [-0.25, -0.2) is 4.98 Å². The van der Waals surface area contributed by atoms with Gasteiger partial charge >= 0.3 is 0 Å². The maximum absolute atomic E-state index is 12.3. The van der Waals surface area contributed by atoms with Crippen LogP contribution in [-0.2, 0) is 11.2 Å². The van der Waals surface area contributed by atoms with Crippen molar-refractivity contribution in [3.8, 4) is 16.9 Å². The molecule has 2 heterocycles. The number of rotatable bonds is 8. The van der Waals surface area contributed by atoms with Gasteiger partial charge < -0.3 is 5.32 Å². The molecule has 1 N–H and O–H groups in total. The number of benzene rings is 2. The molecule has 0 radical (unpaired) electrons. The van der Waals surface area contributed by atoms with Crippen LogP contribution in [0.3, 0.4) is 0 Å². The van der Waals surface area contributed by atoms with Gasteiger partial charge in [-0.05, 0) is 56.0 Å². The van der Waals surface area contributed by atoms with E-state index in [1.165, 1.54) is 28.5 Å². The van der Waals surface area contributed by atoms with Crippen LogP contribution in [0.25, 0.3) is 16.9 Å². The second kappa shape index (κ2) is 10.1. The van der Waals surface area contributed by atoms with Crippen LogP contribution in [0.2, 0.25) is 0 Å². The molecule has 0 spiro atoms. The van der Waals surface area contributed by atoms with Crippen molar-refractivity contribution in [3.05, 3.63) is 75.9 Å². The molecule has 0 bridgehead atoms. The van der Waals surface area contributed by atoms with E-state index in [0.29, 0.717) is 17.5 Å². The third-order valence-corrected chi connectivity index (χ3v) is 6.94. The van der Waals surface area contributed by atoms with Crippen molar-refractivity contribution in [2.24, 2.45) is 0 Å². The highest BCUT2D eigenvalue weighted by molar-refractivity contribution is 7.99. The van der Waals surface area contributed by atoms with Crippen molar-refractivity contribution >= 4 is 29.0 Å². The molecule has 4 rings (SSSR count). The van der Waals surface area contributed by atoms with Crippen LogP contribution in [0.15, 0.2) is 59.3 Å². The first-order chi connectivity index (χ1) is 15.5. The standard InChI is InChI=1S/C24H25N5OS2/c1-16-4-9-21(12-17(16)2)29-15-26-28-24(29)32-14-23(30)25-11-10-19-5-7-20(8-6-19)22-13-31-18(3)27-22/h4-9,12-13,15H,10-11,14H2,1-3H3,(H,25,30). The van der Waals surface area contributed by atoms with Gasteiger partial charge in [0, 0.05) is 23.2 Å². The largest absolute Gasteiger partial charge is 0.355 e. The topological polar surface area (TPSA) is 72.7 Å². The molecule has 0 saturated carbocycles. The number of thiazole rings is 1. The molecular weight excluding hydrogens is 438 g/mol. The highest BCUT2D eigenvalue weighted by Gasteiger charge is 2.11. The first-order valence-corrected chi connectivity index (χ1v) is 12.2. The van der Waals surface area contributed by atoms with Gasteiger partial charge in [0.25, 0.3) is 0 Å². The number of nitrogens with zero attached hydrogens (tertiary/aromatic N) is 4. The summed E-state index contributed by atoms with van der Waals surface area (Å²) in [6, 6.07) is 14.6. The molecule has 0 aliphatic rings. The van der Waals surface area contributed by atoms with E-state index >= 15 is 0 Å². The van der Waals surface area contributed by atoms with Crippen LogP contribution in [-0.4, -0.2) is 38.0 Å². The first kappa shape index (κ1) is 22.2. The molecular formula is C24H25N5OS2. The Hall–Kier alpha value is -2.97. The van der Waals surface area contributed by atoms with Gasteiger partial charge in [0.05, 0.1) is 16.5 Å². The van der Waals surface area contributed by atoms with Gasteiger partial charge in [-0.3, -0.25) is 9.36 Å².